The normalized spacial score (nSPS) is 18.8. The summed E-state index contributed by atoms with van der Waals surface area (Å²) in [6.45, 7) is 0.167. The number of hydrogen-bond donors (Lipinski definition) is 0. The van der Waals surface area contributed by atoms with Crippen molar-refractivity contribution in [2.75, 3.05) is 6.54 Å². The lowest BCUT2D eigenvalue weighted by atomic mass is 10.1. The van der Waals surface area contributed by atoms with Crippen molar-refractivity contribution in [3.63, 3.8) is 0 Å². The van der Waals surface area contributed by atoms with Crippen molar-refractivity contribution in [1.82, 2.24) is 13.9 Å². The number of halogens is 1. The lowest BCUT2D eigenvalue weighted by Crippen LogP contribution is -2.48. The van der Waals surface area contributed by atoms with Crippen LogP contribution in [0.5, 0.6) is 0 Å². The Labute approximate surface area is 154 Å². The van der Waals surface area contributed by atoms with Crippen LogP contribution in [0, 0.1) is 0 Å². The molecule has 1 fully saturated rings. The summed E-state index contributed by atoms with van der Waals surface area (Å²) in [7, 11) is -3.76. The van der Waals surface area contributed by atoms with Crippen LogP contribution in [0.25, 0.3) is 0 Å². The Morgan fingerprint density at radius 3 is 2.76 bits per heavy atom. The topological polar surface area (TPSA) is 89.5 Å². The number of benzene rings is 1. The highest BCUT2D eigenvalue weighted by Gasteiger charge is 2.38. The van der Waals surface area contributed by atoms with Crippen LogP contribution in [0.2, 0.25) is 4.34 Å². The Morgan fingerprint density at radius 2 is 2.08 bits per heavy atom. The van der Waals surface area contributed by atoms with Gasteiger partial charge in [-0.3, -0.25) is 4.79 Å². The van der Waals surface area contributed by atoms with Gasteiger partial charge in [0, 0.05) is 18.1 Å². The SMILES string of the molecule is O=C(OCc1nnsc1Cl)[C@@H]1CCCCN1S(=O)(=O)c1ccccc1. The number of ether oxygens (including phenoxy) is 1. The highest BCUT2D eigenvalue weighted by Crippen LogP contribution is 2.26. The van der Waals surface area contributed by atoms with Crippen molar-refractivity contribution >= 4 is 39.1 Å². The summed E-state index contributed by atoms with van der Waals surface area (Å²) in [5.74, 6) is -0.594. The first-order chi connectivity index (χ1) is 12.0. The molecule has 0 bridgehead atoms. The van der Waals surface area contributed by atoms with E-state index in [0.717, 1.165) is 18.0 Å². The van der Waals surface area contributed by atoms with Crippen molar-refractivity contribution in [2.24, 2.45) is 0 Å². The average molecular weight is 402 g/mol. The summed E-state index contributed by atoms with van der Waals surface area (Å²) in [5.41, 5.74) is 0.369. The monoisotopic (exact) mass is 401 g/mol. The van der Waals surface area contributed by atoms with Crippen LogP contribution < -0.4 is 0 Å². The summed E-state index contributed by atoms with van der Waals surface area (Å²) in [6, 6.07) is 7.25. The van der Waals surface area contributed by atoms with E-state index in [0.29, 0.717) is 22.9 Å². The second kappa shape index (κ2) is 7.77. The fourth-order valence-corrected chi connectivity index (χ4v) is 4.94. The molecule has 0 radical (unpaired) electrons. The molecular weight excluding hydrogens is 386 g/mol. The second-order valence-electron chi connectivity index (χ2n) is 5.54. The Hall–Kier alpha value is -1.55. The van der Waals surface area contributed by atoms with E-state index in [9.17, 15) is 13.2 Å². The summed E-state index contributed by atoms with van der Waals surface area (Å²) in [5, 5.41) is 3.78. The lowest BCUT2D eigenvalue weighted by Gasteiger charge is -2.32. The number of piperidine rings is 1. The first kappa shape index (κ1) is 18.2. The van der Waals surface area contributed by atoms with E-state index in [1.807, 2.05) is 0 Å². The lowest BCUT2D eigenvalue weighted by molar-refractivity contribution is -0.150. The van der Waals surface area contributed by atoms with Crippen LogP contribution in [0.15, 0.2) is 35.2 Å². The summed E-state index contributed by atoms with van der Waals surface area (Å²) in [4.78, 5) is 12.6. The molecule has 1 aromatic heterocycles. The van der Waals surface area contributed by atoms with Gasteiger partial charge in [-0.05, 0) is 31.4 Å². The number of carbonyl (C=O) groups is 1. The minimum absolute atomic E-state index is 0.121. The second-order valence-corrected chi connectivity index (χ2v) is 8.79. The molecule has 134 valence electrons. The van der Waals surface area contributed by atoms with E-state index in [4.69, 9.17) is 16.3 Å². The number of sulfonamides is 1. The summed E-state index contributed by atoms with van der Waals surface area (Å²) < 4.78 is 36.2. The maximum Gasteiger partial charge on any atom is 0.324 e. The molecule has 1 aromatic carbocycles. The number of esters is 1. The largest absolute Gasteiger partial charge is 0.458 e. The Balaban J connectivity index is 1.76. The van der Waals surface area contributed by atoms with E-state index in [-0.39, 0.29) is 18.0 Å². The number of rotatable bonds is 5. The van der Waals surface area contributed by atoms with Gasteiger partial charge in [0.2, 0.25) is 10.0 Å². The van der Waals surface area contributed by atoms with Gasteiger partial charge in [0.25, 0.3) is 0 Å². The molecule has 0 unspecified atom stereocenters. The molecule has 2 aromatic rings. The Kier molecular flexibility index (Phi) is 5.67. The molecule has 0 amide bonds. The predicted molar refractivity (Wildman–Crippen MR) is 92.7 cm³/mol. The van der Waals surface area contributed by atoms with E-state index in [1.54, 1.807) is 18.2 Å². The van der Waals surface area contributed by atoms with Crippen LogP contribution in [-0.4, -0.2) is 40.9 Å². The smallest absolute Gasteiger partial charge is 0.324 e. The molecule has 1 atom stereocenters. The van der Waals surface area contributed by atoms with Gasteiger partial charge in [0.15, 0.2) is 0 Å². The van der Waals surface area contributed by atoms with E-state index in [1.165, 1.54) is 16.4 Å². The fourth-order valence-electron chi connectivity index (χ4n) is 2.67. The first-order valence-corrected chi connectivity index (χ1v) is 10.3. The molecule has 0 saturated carbocycles. The van der Waals surface area contributed by atoms with Gasteiger partial charge < -0.3 is 4.74 Å². The van der Waals surface area contributed by atoms with E-state index >= 15 is 0 Å². The van der Waals surface area contributed by atoms with Crippen LogP contribution >= 0.6 is 23.1 Å². The molecule has 1 aliphatic heterocycles. The number of hydrogen-bond acceptors (Lipinski definition) is 7. The maximum atomic E-state index is 12.9. The predicted octanol–water partition coefficient (Wildman–Crippen LogP) is 2.48. The molecule has 10 heteroatoms. The maximum absolute atomic E-state index is 12.9. The van der Waals surface area contributed by atoms with Crippen molar-refractivity contribution in [3.05, 3.63) is 40.4 Å². The molecular formula is C15H16ClN3O4S2. The minimum atomic E-state index is -3.76. The van der Waals surface area contributed by atoms with E-state index in [2.05, 4.69) is 9.59 Å². The fraction of sp³-hybridized carbons (Fsp3) is 0.400. The zero-order chi connectivity index (χ0) is 17.9. The zero-order valence-electron chi connectivity index (χ0n) is 13.2. The molecule has 25 heavy (non-hydrogen) atoms. The minimum Gasteiger partial charge on any atom is -0.458 e. The van der Waals surface area contributed by atoms with Gasteiger partial charge >= 0.3 is 5.97 Å². The Morgan fingerprint density at radius 1 is 1.32 bits per heavy atom. The summed E-state index contributed by atoms with van der Waals surface area (Å²) in [6.07, 6.45) is 1.89. The van der Waals surface area contributed by atoms with Gasteiger partial charge in [-0.15, -0.1) is 5.10 Å². The zero-order valence-corrected chi connectivity index (χ0v) is 15.6. The molecule has 7 nitrogen and oxygen atoms in total. The van der Waals surface area contributed by atoms with Crippen molar-refractivity contribution in [2.45, 2.75) is 36.8 Å². The molecule has 0 N–H and O–H groups in total. The van der Waals surface area contributed by atoms with Gasteiger partial charge in [-0.1, -0.05) is 34.3 Å². The quantitative estimate of drug-likeness (QED) is 0.715. The third-order valence-corrected chi connectivity index (χ3v) is 6.84. The third-order valence-electron chi connectivity index (χ3n) is 3.94. The molecule has 0 aliphatic carbocycles. The standard InChI is InChI=1S/C15H16ClN3O4S2/c16-14-12(17-18-24-14)10-23-15(20)13-8-4-5-9-19(13)25(21,22)11-6-2-1-3-7-11/h1-3,6-7,13H,4-5,8-10H2/t13-/m0/s1. The van der Waals surface area contributed by atoms with Crippen LogP contribution in [-0.2, 0) is 26.2 Å². The van der Waals surface area contributed by atoms with E-state index < -0.39 is 22.0 Å². The Bertz CT molecular complexity index is 841. The van der Waals surface area contributed by atoms with Gasteiger partial charge in [0.1, 0.15) is 22.7 Å². The summed E-state index contributed by atoms with van der Waals surface area (Å²) >= 11 is 6.89. The third kappa shape index (κ3) is 4.00. The van der Waals surface area contributed by atoms with Crippen molar-refractivity contribution in [1.29, 1.82) is 0 Å². The number of aromatic nitrogens is 2. The van der Waals surface area contributed by atoms with Crippen LogP contribution in [0.3, 0.4) is 0 Å². The molecule has 0 spiro atoms. The molecule has 3 rings (SSSR count). The number of nitrogens with zero attached hydrogens (tertiary/aromatic N) is 3. The molecule has 2 heterocycles. The average Bonchev–Trinajstić information content (AvgIpc) is 3.05. The highest BCUT2D eigenvalue weighted by molar-refractivity contribution is 7.89. The molecule has 1 saturated heterocycles. The molecule has 1 aliphatic rings. The van der Waals surface area contributed by atoms with Crippen LogP contribution in [0.4, 0.5) is 0 Å². The first-order valence-electron chi connectivity index (χ1n) is 7.70. The van der Waals surface area contributed by atoms with Crippen LogP contribution in [0.1, 0.15) is 25.0 Å². The number of carbonyl (C=O) groups excluding carboxylic acids is 1. The van der Waals surface area contributed by atoms with Gasteiger partial charge in [-0.2, -0.15) is 4.31 Å². The van der Waals surface area contributed by atoms with Crippen molar-refractivity contribution < 1.29 is 17.9 Å². The van der Waals surface area contributed by atoms with Crippen molar-refractivity contribution in [3.8, 4) is 0 Å². The highest BCUT2D eigenvalue weighted by atomic mass is 35.5. The van der Waals surface area contributed by atoms with Gasteiger partial charge in [0.05, 0.1) is 4.90 Å². The van der Waals surface area contributed by atoms with Gasteiger partial charge in [-0.25, -0.2) is 8.42 Å².